The molecule has 1 aromatic rings. The van der Waals surface area contributed by atoms with Crippen molar-refractivity contribution >= 4 is 5.91 Å². The first kappa shape index (κ1) is 13.1. The summed E-state index contributed by atoms with van der Waals surface area (Å²) in [6, 6.07) is 0. The zero-order valence-corrected chi connectivity index (χ0v) is 11.0. The van der Waals surface area contributed by atoms with Gasteiger partial charge in [-0.15, -0.1) is 0 Å². The normalized spacial score (nSPS) is 23.3. The summed E-state index contributed by atoms with van der Waals surface area (Å²) in [7, 11) is 0. The molecule has 100 valence electrons. The number of amides is 1. The zero-order valence-electron chi connectivity index (χ0n) is 11.0. The number of rotatable bonds is 4. The molecule has 5 heteroatoms. The summed E-state index contributed by atoms with van der Waals surface area (Å²) >= 11 is 0. The number of aliphatic hydroxyl groups excluding tert-OH is 1. The Balaban J connectivity index is 1.82. The molecule has 2 rings (SSSR count). The van der Waals surface area contributed by atoms with Crippen LogP contribution in [0.2, 0.25) is 0 Å². The van der Waals surface area contributed by atoms with E-state index >= 15 is 0 Å². The van der Waals surface area contributed by atoms with E-state index in [-0.39, 0.29) is 17.9 Å². The van der Waals surface area contributed by atoms with Gasteiger partial charge in [-0.2, -0.15) is 5.10 Å². The van der Waals surface area contributed by atoms with Crippen LogP contribution in [0, 0.1) is 19.8 Å². The lowest BCUT2D eigenvalue weighted by Gasteiger charge is -2.15. The van der Waals surface area contributed by atoms with Crippen molar-refractivity contribution in [3.05, 3.63) is 17.0 Å². The third kappa shape index (κ3) is 2.90. The molecule has 1 aliphatic carbocycles. The van der Waals surface area contributed by atoms with E-state index < -0.39 is 0 Å². The molecule has 18 heavy (non-hydrogen) atoms. The van der Waals surface area contributed by atoms with Crippen LogP contribution in [0.25, 0.3) is 0 Å². The van der Waals surface area contributed by atoms with Crippen LogP contribution < -0.4 is 5.32 Å². The second-order valence-corrected chi connectivity index (χ2v) is 5.15. The Morgan fingerprint density at radius 3 is 2.83 bits per heavy atom. The SMILES string of the molecule is Cc1n[nH]c(C)c1CC(=O)NCC1CCCC1O. The second kappa shape index (κ2) is 5.52. The lowest BCUT2D eigenvalue weighted by Crippen LogP contribution is -2.33. The Morgan fingerprint density at radius 2 is 2.28 bits per heavy atom. The predicted octanol–water partition coefficient (Wildman–Crippen LogP) is 0.846. The van der Waals surface area contributed by atoms with Crippen molar-refractivity contribution in [1.29, 1.82) is 0 Å². The number of hydrogen-bond donors (Lipinski definition) is 3. The molecule has 1 amide bonds. The van der Waals surface area contributed by atoms with Crippen molar-refractivity contribution in [2.45, 2.75) is 45.6 Å². The van der Waals surface area contributed by atoms with E-state index in [1.54, 1.807) is 0 Å². The van der Waals surface area contributed by atoms with E-state index in [1.807, 2.05) is 13.8 Å². The third-order valence-corrected chi connectivity index (χ3v) is 3.80. The lowest BCUT2D eigenvalue weighted by molar-refractivity contribution is -0.120. The van der Waals surface area contributed by atoms with E-state index in [0.717, 1.165) is 36.2 Å². The Hall–Kier alpha value is -1.36. The van der Waals surface area contributed by atoms with Gasteiger partial charge in [-0.05, 0) is 26.7 Å². The lowest BCUT2D eigenvalue weighted by atomic mass is 10.1. The maximum Gasteiger partial charge on any atom is 0.224 e. The topological polar surface area (TPSA) is 78.0 Å². The summed E-state index contributed by atoms with van der Waals surface area (Å²) in [4.78, 5) is 11.8. The first-order chi connectivity index (χ1) is 8.58. The number of aromatic nitrogens is 2. The fourth-order valence-corrected chi connectivity index (χ4v) is 2.56. The summed E-state index contributed by atoms with van der Waals surface area (Å²) in [5.74, 6) is 0.224. The van der Waals surface area contributed by atoms with Gasteiger partial charge < -0.3 is 10.4 Å². The highest BCUT2D eigenvalue weighted by Gasteiger charge is 2.25. The quantitative estimate of drug-likeness (QED) is 0.742. The second-order valence-electron chi connectivity index (χ2n) is 5.15. The molecule has 0 radical (unpaired) electrons. The van der Waals surface area contributed by atoms with E-state index in [4.69, 9.17) is 0 Å². The van der Waals surface area contributed by atoms with Crippen molar-refractivity contribution in [3.8, 4) is 0 Å². The molecule has 2 unspecified atom stereocenters. The van der Waals surface area contributed by atoms with Gasteiger partial charge in [0.2, 0.25) is 5.91 Å². The fourth-order valence-electron chi connectivity index (χ4n) is 2.56. The number of nitrogens with zero attached hydrogens (tertiary/aromatic N) is 1. The standard InChI is InChI=1S/C13H21N3O2/c1-8-11(9(2)16-15-8)6-13(18)14-7-10-4-3-5-12(10)17/h10,12,17H,3-7H2,1-2H3,(H,14,18)(H,15,16). The van der Waals surface area contributed by atoms with Crippen LogP contribution in [-0.2, 0) is 11.2 Å². The van der Waals surface area contributed by atoms with E-state index in [1.165, 1.54) is 0 Å². The summed E-state index contributed by atoms with van der Waals surface area (Å²) in [6.45, 7) is 4.39. The molecule has 0 saturated heterocycles. The third-order valence-electron chi connectivity index (χ3n) is 3.80. The van der Waals surface area contributed by atoms with Crippen LogP contribution >= 0.6 is 0 Å². The molecule has 0 aliphatic heterocycles. The molecule has 1 aliphatic rings. The molecule has 2 atom stereocenters. The van der Waals surface area contributed by atoms with Crippen LogP contribution in [-0.4, -0.2) is 33.9 Å². The number of nitrogens with one attached hydrogen (secondary N) is 2. The van der Waals surface area contributed by atoms with Gasteiger partial charge >= 0.3 is 0 Å². The van der Waals surface area contributed by atoms with E-state index in [2.05, 4.69) is 15.5 Å². The molecule has 1 fully saturated rings. The maximum absolute atomic E-state index is 11.8. The average molecular weight is 251 g/mol. The summed E-state index contributed by atoms with van der Waals surface area (Å²) in [6.07, 6.45) is 3.03. The number of aliphatic hydroxyl groups is 1. The van der Waals surface area contributed by atoms with E-state index in [0.29, 0.717) is 13.0 Å². The number of aromatic amines is 1. The fraction of sp³-hybridized carbons (Fsp3) is 0.692. The molecule has 5 nitrogen and oxygen atoms in total. The van der Waals surface area contributed by atoms with Gasteiger partial charge in [0.1, 0.15) is 0 Å². The van der Waals surface area contributed by atoms with E-state index in [9.17, 15) is 9.90 Å². The molecule has 0 aromatic carbocycles. The summed E-state index contributed by atoms with van der Waals surface area (Å²) in [5, 5.41) is 19.5. The van der Waals surface area contributed by atoms with Gasteiger partial charge in [0.05, 0.1) is 18.2 Å². The number of H-pyrrole nitrogens is 1. The molecule has 1 heterocycles. The first-order valence-electron chi connectivity index (χ1n) is 6.53. The van der Waals surface area contributed by atoms with Gasteiger partial charge in [-0.25, -0.2) is 0 Å². The molecular weight excluding hydrogens is 230 g/mol. The minimum atomic E-state index is -0.248. The highest BCUT2D eigenvalue weighted by Crippen LogP contribution is 2.24. The van der Waals surface area contributed by atoms with Crippen molar-refractivity contribution in [1.82, 2.24) is 15.5 Å². The Kier molecular flexibility index (Phi) is 4.01. The van der Waals surface area contributed by atoms with Gasteiger partial charge in [-0.3, -0.25) is 9.89 Å². The summed E-state index contributed by atoms with van der Waals surface area (Å²) < 4.78 is 0. The Bertz CT molecular complexity index is 408. The Morgan fingerprint density at radius 1 is 1.50 bits per heavy atom. The largest absolute Gasteiger partial charge is 0.393 e. The van der Waals surface area contributed by atoms with Crippen LogP contribution in [0.4, 0.5) is 0 Å². The van der Waals surface area contributed by atoms with Gasteiger partial charge in [0.15, 0.2) is 0 Å². The van der Waals surface area contributed by atoms with Gasteiger partial charge in [0.25, 0.3) is 0 Å². The molecule has 0 bridgehead atoms. The number of carbonyl (C=O) groups is 1. The van der Waals surface area contributed by atoms with Crippen LogP contribution in [0.1, 0.15) is 36.2 Å². The molecule has 1 aromatic heterocycles. The molecular formula is C13H21N3O2. The summed E-state index contributed by atoms with van der Waals surface area (Å²) in [5.41, 5.74) is 2.80. The van der Waals surface area contributed by atoms with Crippen molar-refractivity contribution in [2.24, 2.45) is 5.92 Å². The Labute approximate surface area is 107 Å². The van der Waals surface area contributed by atoms with Crippen molar-refractivity contribution in [3.63, 3.8) is 0 Å². The van der Waals surface area contributed by atoms with Crippen molar-refractivity contribution < 1.29 is 9.90 Å². The minimum absolute atomic E-state index is 0.00157. The zero-order chi connectivity index (χ0) is 13.1. The highest BCUT2D eigenvalue weighted by atomic mass is 16.3. The minimum Gasteiger partial charge on any atom is -0.393 e. The first-order valence-corrected chi connectivity index (χ1v) is 6.53. The molecule has 0 spiro atoms. The van der Waals surface area contributed by atoms with Gasteiger partial charge in [0, 0.05) is 23.7 Å². The number of aryl methyl sites for hydroxylation is 2. The average Bonchev–Trinajstić information content (AvgIpc) is 2.87. The van der Waals surface area contributed by atoms with Crippen molar-refractivity contribution in [2.75, 3.05) is 6.54 Å². The maximum atomic E-state index is 11.8. The predicted molar refractivity (Wildman–Crippen MR) is 68.1 cm³/mol. The van der Waals surface area contributed by atoms with Crippen LogP contribution in [0.15, 0.2) is 0 Å². The molecule has 1 saturated carbocycles. The highest BCUT2D eigenvalue weighted by molar-refractivity contribution is 5.79. The molecule has 3 N–H and O–H groups in total. The van der Waals surface area contributed by atoms with Crippen LogP contribution in [0.3, 0.4) is 0 Å². The van der Waals surface area contributed by atoms with Gasteiger partial charge in [-0.1, -0.05) is 6.42 Å². The smallest absolute Gasteiger partial charge is 0.224 e. The monoisotopic (exact) mass is 251 g/mol. The number of carbonyl (C=O) groups excluding carboxylic acids is 1. The van der Waals surface area contributed by atoms with Crippen LogP contribution in [0.5, 0.6) is 0 Å². The number of hydrogen-bond acceptors (Lipinski definition) is 3.